The van der Waals surface area contributed by atoms with Crippen LogP contribution in [-0.4, -0.2) is 35.3 Å². The van der Waals surface area contributed by atoms with E-state index in [2.05, 4.69) is 15.7 Å². The minimum atomic E-state index is -0.340. The van der Waals surface area contributed by atoms with Crippen LogP contribution in [0.1, 0.15) is 35.8 Å². The first-order valence-corrected chi connectivity index (χ1v) is 9.43. The van der Waals surface area contributed by atoms with E-state index in [0.29, 0.717) is 28.3 Å². The van der Waals surface area contributed by atoms with Crippen LogP contribution in [0, 0.1) is 5.82 Å². The Bertz CT molecular complexity index is 1040. The third kappa shape index (κ3) is 4.90. The lowest BCUT2D eigenvalue weighted by molar-refractivity contribution is -0.119. The Morgan fingerprint density at radius 3 is 2.40 bits per heavy atom. The Morgan fingerprint density at radius 1 is 1.10 bits per heavy atom. The number of halogens is 1. The molecule has 7 nitrogen and oxygen atoms in total. The summed E-state index contributed by atoms with van der Waals surface area (Å²) in [6.07, 6.45) is 1.50. The second-order valence-corrected chi connectivity index (χ2v) is 7.00. The molecule has 3 aromatic rings. The standard InChI is InChI=1S/C22H23FN4O3/c1-14(2)21-19(12-24-27(21)18-9-7-15(23)8-10-18)22(29)26-17-6-4-5-16(11-17)25-20(28)13-30-3/h4-12,14H,13H2,1-3H3,(H,25,28)(H,26,29). The number of carbonyl (C=O) groups excluding carboxylic acids is 2. The van der Waals surface area contributed by atoms with Crippen LogP contribution in [0.4, 0.5) is 15.8 Å². The molecule has 3 rings (SSSR count). The molecule has 0 saturated carbocycles. The van der Waals surface area contributed by atoms with E-state index in [4.69, 9.17) is 4.74 Å². The van der Waals surface area contributed by atoms with Gasteiger partial charge in [-0.3, -0.25) is 9.59 Å². The van der Waals surface area contributed by atoms with E-state index in [1.165, 1.54) is 25.4 Å². The summed E-state index contributed by atoms with van der Waals surface area (Å²) in [6, 6.07) is 12.8. The van der Waals surface area contributed by atoms with Crippen molar-refractivity contribution in [1.29, 1.82) is 0 Å². The van der Waals surface area contributed by atoms with Crippen molar-refractivity contribution in [3.63, 3.8) is 0 Å². The molecule has 2 aromatic carbocycles. The van der Waals surface area contributed by atoms with Gasteiger partial charge in [-0.1, -0.05) is 19.9 Å². The second-order valence-electron chi connectivity index (χ2n) is 7.00. The smallest absolute Gasteiger partial charge is 0.259 e. The van der Waals surface area contributed by atoms with Gasteiger partial charge in [-0.05, 0) is 48.4 Å². The first-order valence-electron chi connectivity index (χ1n) is 9.43. The fourth-order valence-corrected chi connectivity index (χ4v) is 3.08. The van der Waals surface area contributed by atoms with Crippen LogP contribution in [0.5, 0.6) is 0 Å². The van der Waals surface area contributed by atoms with Gasteiger partial charge in [-0.2, -0.15) is 5.10 Å². The summed E-state index contributed by atoms with van der Waals surface area (Å²) in [4.78, 5) is 24.6. The van der Waals surface area contributed by atoms with Crippen LogP contribution in [0.25, 0.3) is 5.69 Å². The Balaban J connectivity index is 1.84. The molecule has 0 aliphatic carbocycles. The SMILES string of the molecule is COCC(=O)Nc1cccc(NC(=O)c2cnn(-c3ccc(F)cc3)c2C(C)C)c1. The second kappa shape index (κ2) is 9.32. The normalized spacial score (nSPS) is 10.8. The third-order valence-electron chi connectivity index (χ3n) is 4.35. The number of anilines is 2. The highest BCUT2D eigenvalue weighted by atomic mass is 19.1. The average molecular weight is 410 g/mol. The zero-order valence-corrected chi connectivity index (χ0v) is 17.0. The fourth-order valence-electron chi connectivity index (χ4n) is 3.08. The molecule has 30 heavy (non-hydrogen) atoms. The number of carbonyl (C=O) groups is 2. The summed E-state index contributed by atoms with van der Waals surface area (Å²) in [5.41, 5.74) is 2.87. The summed E-state index contributed by atoms with van der Waals surface area (Å²) in [5.74, 6) is -0.957. The van der Waals surface area contributed by atoms with Gasteiger partial charge < -0.3 is 15.4 Å². The molecule has 0 aliphatic rings. The molecule has 0 aliphatic heterocycles. The van der Waals surface area contributed by atoms with Crippen LogP contribution in [-0.2, 0) is 9.53 Å². The molecule has 0 radical (unpaired) electrons. The van der Waals surface area contributed by atoms with Gasteiger partial charge in [0.25, 0.3) is 5.91 Å². The minimum Gasteiger partial charge on any atom is -0.375 e. The van der Waals surface area contributed by atoms with Crippen molar-refractivity contribution in [2.24, 2.45) is 0 Å². The van der Waals surface area contributed by atoms with E-state index in [1.54, 1.807) is 41.1 Å². The number of hydrogen-bond acceptors (Lipinski definition) is 4. The number of hydrogen-bond donors (Lipinski definition) is 2. The quantitative estimate of drug-likeness (QED) is 0.617. The molecule has 2 amide bonds. The van der Waals surface area contributed by atoms with Gasteiger partial charge in [0.05, 0.1) is 23.1 Å². The first-order chi connectivity index (χ1) is 14.4. The van der Waals surface area contributed by atoms with E-state index in [-0.39, 0.29) is 30.2 Å². The van der Waals surface area contributed by atoms with Crippen LogP contribution in [0.3, 0.4) is 0 Å². The van der Waals surface area contributed by atoms with E-state index >= 15 is 0 Å². The number of ether oxygens (including phenoxy) is 1. The molecule has 0 spiro atoms. The van der Waals surface area contributed by atoms with Crippen molar-refractivity contribution >= 4 is 23.2 Å². The Kier molecular flexibility index (Phi) is 6.58. The summed E-state index contributed by atoms with van der Waals surface area (Å²) >= 11 is 0. The lowest BCUT2D eigenvalue weighted by atomic mass is 10.0. The van der Waals surface area contributed by atoms with Gasteiger partial charge in [0.15, 0.2) is 0 Å². The molecular weight excluding hydrogens is 387 g/mol. The van der Waals surface area contributed by atoms with Crippen LogP contribution in [0.15, 0.2) is 54.7 Å². The van der Waals surface area contributed by atoms with Gasteiger partial charge in [0.2, 0.25) is 5.91 Å². The Hall–Kier alpha value is -3.52. The molecule has 2 N–H and O–H groups in total. The Labute approximate surface area is 173 Å². The van der Waals surface area contributed by atoms with Gasteiger partial charge in [0, 0.05) is 18.5 Å². The lowest BCUT2D eigenvalue weighted by Crippen LogP contribution is -2.18. The summed E-state index contributed by atoms with van der Waals surface area (Å²) in [5, 5.41) is 9.87. The van der Waals surface area contributed by atoms with Gasteiger partial charge in [0.1, 0.15) is 12.4 Å². The summed E-state index contributed by atoms with van der Waals surface area (Å²) in [6.45, 7) is 3.86. The predicted octanol–water partition coefficient (Wildman–Crippen LogP) is 3.97. The average Bonchev–Trinajstić information content (AvgIpc) is 3.14. The van der Waals surface area contributed by atoms with Crippen LogP contribution in [0.2, 0.25) is 0 Å². The highest BCUT2D eigenvalue weighted by Crippen LogP contribution is 2.25. The molecule has 0 unspecified atom stereocenters. The molecule has 1 aromatic heterocycles. The topological polar surface area (TPSA) is 85.2 Å². The van der Waals surface area contributed by atoms with Gasteiger partial charge in [-0.25, -0.2) is 9.07 Å². The molecule has 8 heteroatoms. The largest absolute Gasteiger partial charge is 0.375 e. The predicted molar refractivity (Wildman–Crippen MR) is 113 cm³/mol. The summed E-state index contributed by atoms with van der Waals surface area (Å²) < 4.78 is 19.7. The number of aromatic nitrogens is 2. The maximum Gasteiger partial charge on any atom is 0.259 e. The van der Waals surface area contributed by atoms with Crippen LogP contribution >= 0.6 is 0 Å². The highest BCUT2D eigenvalue weighted by molar-refractivity contribution is 6.05. The monoisotopic (exact) mass is 410 g/mol. The Morgan fingerprint density at radius 2 is 1.77 bits per heavy atom. The molecule has 156 valence electrons. The van der Waals surface area contributed by atoms with Gasteiger partial charge >= 0.3 is 0 Å². The minimum absolute atomic E-state index is 0.00188. The number of benzene rings is 2. The molecule has 0 atom stereocenters. The van der Waals surface area contributed by atoms with Crippen molar-refractivity contribution in [3.8, 4) is 5.69 Å². The number of amides is 2. The van der Waals surface area contributed by atoms with Crippen LogP contribution < -0.4 is 10.6 Å². The molecule has 0 saturated heterocycles. The van der Waals surface area contributed by atoms with Crippen molar-refractivity contribution < 1.29 is 18.7 Å². The van der Waals surface area contributed by atoms with Crippen molar-refractivity contribution in [3.05, 3.63) is 71.8 Å². The molecule has 1 heterocycles. The summed E-state index contributed by atoms with van der Waals surface area (Å²) in [7, 11) is 1.44. The number of methoxy groups -OCH3 is 1. The maximum atomic E-state index is 13.3. The molecule has 0 bridgehead atoms. The highest BCUT2D eigenvalue weighted by Gasteiger charge is 2.21. The lowest BCUT2D eigenvalue weighted by Gasteiger charge is -2.13. The number of nitrogens with zero attached hydrogens (tertiary/aromatic N) is 2. The zero-order valence-electron chi connectivity index (χ0n) is 17.0. The number of rotatable bonds is 7. The third-order valence-corrected chi connectivity index (χ3v) is 4.35. The van der Waals surface area contributed by atoms with Crippen molar-refractivity contribution in [2.75, 3.05) is 24.4 Å². The van der Waals surface area contributed by atoms with Crippen molar-refractivity contribution in [1.82, 2.24) is 9.78 Å². The number of nitrogens with one attached hydrogen (secondary N) is 2. The van der Waals surface area contributed by atoms with E-state index in [1.807, 2.05) is 13.8 Å². The van der Waals surface area contributed by atoms with Crippen molar-refractivity contribution in [2.45, 2.75) is 19.8 Å². The molecular formula is C22H23FN4O3. The maximum absolute atomic E-state index is 13.3. The zero-order chi connectivity index (χ0) is 21.7. The van der Waals surface area contributed by atoms with E-state index in [9.17, 15) is 14.0 Å². The van der Waals surface area contributed by atoms with E-state index in [0.717, 1.165) is 0 Å². The first kappa shape index (κ1) is 21.2. The van der Waals surface area contributed by atoms with Gasteiger partial charge in [-0.15, -0.1) is 0 Å². The fraction of sp³-hybridized carbons (Fsp3) is 0.227. The molecule has 0 fully saturated rings. The van der Waals surface area contributed by atoms with E-state index < -0.39 is 0 Å².